The highest BCUT2D eigenvalue weighted by atomic mass is 16.5. The van der Waals surface area contributed by atoms with Gasteiger partial charge in [-0.25, -0.2) is 0 Å². The number of rotatable bonds is 9. The summed E-state index contributed by atoms with van der Waals surface area (Å²) in [5, 5.41) is 5.58. The summed E-state index contributed by atoms with van der Waals surface area (Å²) in [7, 11) is 1.61. The Hall–Kier alpha value is -2.08. The molecule has 0 saturated carbocycles. The molecule has 0 fully saturated rings. The van der Waals surface area contributed by atoms with E-state index in [0.717, 1.165) is 11.3 Å². The van der Waals surface area contributed by atoms with Crippen molar-refractivity contribution in [1.82, 2.24) is 15.5 Å². The number of methoxy groups -OCH3 is 1. The zero-order valence-electron chi connectivity index (χ0n) is 13.5. The minimum atomic E-state index is -0.103. The lowest BCUT2D eigenvalue weighted by molar-refractivity contribution is -0.125. The molecule has 122 valence electrons. The summed E-state index contributed by atoms with van der Waals surface area (Å²) in [6.07, 6.45) is 0. The number of amides is 2. The third kappa shape index (κ3) is 6.58. The van der Waals surface area contributed by atoms with Crippen molar-refractivity contribution < 1.29 is 14.3 Å². The molecule has 1 aromatic carbocycles. The molecule has 0 aliphatic rings. The van der Waals surface area contributed by atoms with Crippen molar-refractivity contribution >= 4 is 11.8 Å². The fourth-order valence-corrected chi connectivity index (χ4v) is 1.98. The Morgan fingerprint density at radius 2 is 1.82 bits per heavy atom. The van der Waals surface area contributed by atoms with Gasteiger partial charge in [0.15, 0.2) is 0 Å². The van der Waals surface area contributed by atoms with Crippen molar-refractivity contribution in [3.63, 3.8) is 0 Å². The van der Waals surface area contributed by atoms with Crippen LogP contribution in [0.4, 0.5) is 0 Å². The molecule has 0 aliphatic carbocycles. The highest BCUT2D eigenvalue weighted by Gasteiger charge is 2.12. The second-order valence-corrected chi connectivity index (χ2v) is 4.89. The van der Waals surface area contributed by atoms with Gasteiger partial charge in [-0.1, -0.05) is 19.1 Å². The van der Waals surface area contributed by atoms with Crippen LogP contribution in [0.25, 0.3) is 0 Å². The molecule has 0 atom stereocenters. The minimum absolute atomic E-state index is 0.0649. The molecular weight excluding hydrogens is 282 g/mol. The number of hydrogen-bond donors (Lipinski definition) is 2. The Kier molecular flexibility index (Phi) is 7.99. The van der Waals surface area contributed by atoms with Gasteiger partial charge in [0.05, 0.1) is 20.2 Å². The number of nitrogens with zero attached hydrogens (tertiary/aromatic N) is 1. The SMILES string of the molecule is CCNC(=O)CN(CC)CC(=O)NCc1cccc(OC)c1. The van der Waals surface area contributed by atoms with Crippen LogP contribution < -0.4 is 15.4 Å². The summed E-state index contributed by atoms with van der Waals surface area (Å²) >= 11 is 0. The fraction of sp³-hybridized carbons (Fsp3) is 0.500. The maximum Gasteiger partial charge on any atom is 0.234 e. The molecule has 0 spiro atoms. The first-order chi connectivity index (χ1) is 10.6. The highest BCUT2D eigenvalue weighted by Crippen LogP contribution is 2.12. The first-order valence-corrected chi connectivity index (χ1v) is 7.47. The molecule has 0 bridgehead atoms. The minimum Gasteiger partial charge on any atom is -0.497 e. The van der Waals surface area contributed by atoms with Crippen LogP contribution in [0.1, 0.15) is 19.4 Å². The van der Waals surface area contributed by atoms with Crippen molar-refractivity contribution in [3.05, 3.63) is 29.8 Å². The van der Waals surface area contributed by atoms with Crippen LogP contribution in [0.15, 0.2) is 24.3 Å². The maximum atomic E-state index is 12.0. The smallest absolute Gasteiger partial charge is 0.234 e. The van der Waals surface area contributed by atoms with Crippen LogP contribution in [0.2, 0.25) is 0 Å². The summed E-state index contributed by atoms with van der Waals surface area (Å²) in [4.78, 5) is 25.3. The van der Waals surface area contributed by atoms with E-state index < -0.39 is 0 Å². The molecule has 0 heterocycles. The van der Waals surface area contributed by atoms with Crippen molar-refractivity contribution in [3.8, 4) is 5.75 Å². The lowest BCUT2D eigenvalue weighted by atomic mass is 10.2. The monoisotopic (exact) mass is 307 g/mol. The van der Waals surface area contributed by atoms with E-state index in [4.69, 9.17) is 4.74 Å². The summed E-state index contributed by atoms with van der Waals surface area (Å²) in [5.41, 5.74) is 0.972. The van der Waals surface area contributed by atoms with Crippen LogP contribution in [0, 0.1) is 0 Å². The quantitative estimate of drug-likeness (QED) is 0.707. The van der Waals surface area contributed by atoms with Gasteiger partial charge in [-0.15, -0.1) is 0 Å². The van der Waals surface area contributed by atoms with Gasteiger partial charge in [0.25, 0.3) is 0 Å². The van der Waals surface area contributed by atoms with E-state index in [0.29, 0.717) is 19.6 Å². The van der Waals surface area contributed by atoms with Gasteiger partial charge in [0, 0.05) is 13.1 Å². The van der Waals surface area contributed by atoms with Gasteiger partial charge >= 0.3 is 0 Å². The van der Waals surface area contributed by atoms with Gasteiger partial charge < -0.3 is 15.4 Å². The Labute approximate surface area is 131 Å². The Balaban J connectivity index is 2.42. The topological polar surface area (TPSA) is 70.7 Å². The fourth-order valence-electron chi connectivity index (χ4n) is 1.98. The molecule has 2 N–H and O–H groups in total. The molecule has 0 saturated heterocycles. The van der Waals surface area contributed by atoms with Crippen molar-refractivity contribution in [2.45, 2.75) is 20.4 Å². The molecule has 0 radical (unpaired) electrons. The third-order valence-electron chi connectivity index (χ3n) is 3.18. The largest absolute Gasteiger partial charge is 0.497 e. The zero-order valence-corrected chi connectivity index (χ0v) is 13.5. The third-order valence-corrected chi connectivity index (χ3v) is 3.18. The first kappa shape index (κ1) is 18.0. The van der Waals surface area contributed by atoms with E-state index in [2.05, 4.69) is 10.6 Å². The molecular formula is C16H25N3O3. The molecule has 0 aromatic heterocycles. The van der Waals surface area contributed by atoms with Crippen LogP contribution in [-0.4, -0.2) is 50.0 Å². The van der Waals surface area contributed by atoms with Gasteiger partial charge in [-0.2, -0.15) is 0 Å². The van der Waals surface area contributed by atoms with Crippen LogP contribution in [0.5, 0.6) is 5.75 Å². The van der Waals surface area contributed by atoms with E-state index in [9.17, 15) is 9.59 Å². The van der Waals surface area contributed by atoms with Crippen LogP contribution in [0.3, 0.4) is 0 Å². The van der Waals surface area contributed by atoms with E-state index in [-0.39, 0.29) is 24.9 Å². The predicted molar refractivity (Wildman–Crippen MR) is 85.6 cm³/mol. The van der Waals surface area contributed by atoms with Gasteiger partial charge in [-0.3, -0.25) is 14.5 Å². The molecule has 0 aliphatic heterocycles. The van der Waals surface area contributed by atoms with Gasteiger partial charge in [0.1, 0.15) is 5.75 Å². The summed E-state index contributed by atoms with van der Waals surface area (Å²) < 4.78 is 5.14. The molecule has 1 rings (SSSR count). The van der Waals surface area contributed by atoms with Crippen LogP contribution in [-0.2, 0) is 16.1 Å². The molecule has 6 heteroatoms. The lowest BCUT2D eigenvalue weighted by Crippen LogP contribution is -2.42. The predicted octanol–water partition coefficient (Wildman–Crippen LogP) is 0.769. The van der Waals surface area contributed by atoms with E-state index in [1.54, 1.807) is 12.0 Å². The average molecular weight is 307 g/mol. The number of hydrogen-bond acceptors (Lipinski definition) is 4. The van der Waals surface area contributed by atoms with Crippen LogP contribution >= 0.6 is 0 Å². The normalized spacial score (nSPS) is 10.4. The number of nitrogens with one attached hydrogen (secondary N) is 2. The van der Waals surface area contributed by atoms with Crippen molar-refractivity contribution in [2.75, 3.05) is 33.3 Å². The Bertz CT molecular complexity index is 491. The number of likely N-dealkylation sites (N-methyl/N-ethyl adjacent to an activating group) is 2. The molecule has 1 aromatic rings. The van der Waals surface area contributed by atoms with Gasteiger partial charge in [-0.05, 0) is 31.2 Å². The Morgan fingerprint density at radius 1 is 1.14 bits per heavy atom. The summed E-state index contributed by atoms with van der Waals surface area (Å²) in [5.74, 6) is 0.595. The number of carbonyl (C=O) groups is 2. The van der Waals surface area contributed by atoms with Crippen molar-refractivity contribution in [1.29, 1.82) is 0 Å². The average Bonchev–Trinajstić information content (AvgIpc) is 2.52. The lowest BCUT2D eigenvalue weighted by Gasteiger charge is -2.19. The second kappa shape index (κ2) is 9.78. The van der Waals surface area contributed by atoms with Gasteiger partial charge in [0.2, 0.25) is 11.8 Å². The maximum absolute atomic E-state index is 12.0. The molecule has 6 nitrogen and oxygen atoms in total. The second-order valence-electron chi connectivity index (χ2n) is 4.89. The molecule has 2 amide bonds. The van der Waals surface area contributed by atoms with Crippen molar-refractivity contribution in [2.24, 2.45) is 0 Å². The standard InChI is InChI=1S/C16H25N3O3/c1-4-17-15(20)11-19(5-2)12-16(21)18-10-13-7-6-8-14(9-13)22-3/h6-9H,4-5,10-12H2,1-3H3,(H,17,20)(H,18,21). The molecule has 22 heavy (non-hydrogen) atoms. The number of carbonyl (C=O) groups excluding carboxylic acids is 2. The molecule has 0 unspecified atom stereocenters. The first-order valence-electron chi connectivity index (χ1n) is 7.47. The number of benzene rings is 1. The Morgan fingerprint density at radius 3 is 2.41 bits per heavy atom. The van der Waals surface area contributed by atoms with E-state index >= 15 is 0 Å². The van der Waals surface area contributed by atoms with E-state index in [1.165, 1.54) is 0 Å². The summed E-state index contributed by atoms with van der Waals surface area (Å²) in [6.45, 7) is 5.91. The van der Waals surface area contributed by atoms with E-state index in [1.807, 2.05) is 38.1 Å². The zero-order chi connectivity index (χ0) is 16.4. The summed E-state index contributed by atoms with van der Waals surface area (Å²) in [6, 6.07) is 7.55. The number of ether oxygens (including phenoxy) is 1. The highest BCUT2D eigenvalue weighted by molar-refractivity contribution is 5.81.